The summed E-state index contributed by atoms with van der Waals surface area (Å²) in [5, 5.41) is 85.5. The van der Waals surface area contributed by atoms with E-state index in [1.807, 2.05) is 49.9 Å². The lowest BCUT2D eigenvalue weighted by Crippen LogP contribution is -2.59. The lowest BCUT2D eigenvalue weighted by Gasteiger charge is -2.47. The first-order valence-electron chi connectivity index (χ1n) is 26.7. The van der Waals surface area contributed by atoms with Gasteiger partial charge in [0, 0.05) is 64.9 Å². The zero-order valence-electron chi connectivity index (χ0n) is 46.7. The molecule has 3 aromatic rings. The molecule has 76 heavy (non-hydrogen) atoms. The van der Waals surface area contributed by atoms with E-state index >= 15 is 0 Å². The fourth-order valence-corrected chi connectivity index (χ4v) is 11.2. The lowest BCUT2D eigenvalue weighted by atomic mass is 9.83. The van der Waals surface area contributed by atoms with Crippen LogP contribution >= 0.6 is 0 Å². The number of halogens is 1. The minimum atomic E-state index is -1.85. The molecule has 3 saturated heterocycles. The zero-order valence-corrected chi connectivity index (χ0v) is 46.7. The van der Waals surface area contributed by atoms with E-state index in [1.54, 1.807) is 66.1 Å². The molecule has 19 atom stereocenters. The second-order valence-electron chi connectivity index (χ2n) is 22.4. The molecule has 3 fully saturated rings. The van der Waals surface area contributed by atoms with Crippen LogP contribution in [0.25, 0.3) is 5.69 Å². The standard InChI is InChI=1S/C53H87FN8O14/c1-14-42-53(9,69)47(65)33(5)60(11)26-30(2)23-51(7,68)43(22-41(32(4)49(67)75-42)74-44-24-52(8,71-13)48(66)34(6)73-44)76-50-45(64)39(21-31(3)72-50)59(10)20-19-36-27-62(58-55-36)40(25-54)46(70-12)35-15-17-38(18-16-35)61-28-37(29-63)56-57-61/h15-18,27-28,30-34,39-48,50,63-66,68-69H,14,19-26,29H2,1-13H3/t30-,31-,32-,33-,34+,39+,40-,41+,42-,43-,44+,45-,46-,47-,48+,50+,51-,52-,53-/m1/s1. The second-order valence-corrected chi connectivity index (χ2v) is 22.4. The maximum Gasteiger partial charge on any atom is 0.311 e. The van der Waals surface area contributed by atoms with Gasteiger partial charge in [-0.3, -0.25) is 4.79 Å². The molecule has 0 spiro atoms. The number of aromatic nitrogens is 6. The van der Waals surface area contributed by atoms with Gasteiger partial charge in [0.1, 0.15) is 54.5 Å². The molecule has 23 heteroatoms. The molecule has 2 aromatic heterocycles. The van der Waals surface area contributed by atoms with Crippen LogP contribution < -0.4 is 0 Å². The number of hydrogen-bond donors (Lipinski definition) is 6. The smallest absolute Gasteiger partial charge is 0.311 e. The predicted molar refractivity (Wildman–Crippen MR) is 274 cm³/mol. The van der Waals surface area contributed by atoms with Crippen molar-refractivity contribution < 1.29 is 73.0 Å². The third-order valence-corrected chi connectivity index (χ3v) is 16.3. The minimum absolute atomic E-state index is 0.0837. The average Bonchev–Trinajstić information content (AvgIpc) is 4.07. The summed E-state index contributed by atoms with van der Waals surface area (Å²) < 4.78 is 61.6. The summed E-state index contributed by atoms with van der Waals surface area (Å²) in [7, 11) is 6.68. The molecule has 1 aromatic carbocycles. The highest BCUT2D eigenvalue weighted by Crippen LogP contribution is 2.39. The van der Waals surface area contributed by atoms with Crippen LogP contribution in [0, 0.1) is 11.8 Å². The van der Waals surface area contributed by atoms with Crippen LogP contribution in [0.15, 0.2) is 36.7 Å². The van der Waals surface area contributed by atoms with Gasteiger partial charge in [-0.1, -0.05) is 36.4 Å². The van der Waals surface area contributed by atoms with E-state index in [1.165, 1.54) is 30.5 Å². The molecule has 6 N–H and O–H groups in total. The summed E-state index contributed by atoms with van der Waals surface area (Å²) in [6.45, 7) is 15.3. The fraction of sp³-hybridized carbons (Fsp3) is 0.792. The first-order chi connectivity index (χ1) is 35.8. The minimum Gasteiger partial charge on any atom is -0.459 e. The Kier molecular flexibility index (Phi) is 21.1. The van der Waals surface area contributed by atoms with Crippen molar-refractivity contribution in [3.63, 3.8) is 0 Å². The van der Waals surface area contributed by atoms with Crippen LogP contribution in [-0.4, -0.2) is 215 Å². The van der Waals surface area contributed by atoms with Gasteiger partial charge in [-0.15, -0.1) is 10.2 Å². The van der Waals surface area contributed by atoms with Crippen molar-refractivity contribution >= 4 is 5.97 Å². The molecule has 430 valence electrons. The number of cyclic esters (lactones) is 1. The number of esters is 1. The van der Waals surface area contributed by atoms with E-state index in [0.29, 0.717) is 48.6 Å². The van der Waals surface area contributed by atoms with Gasteiger partial charge >= 0.3 is 5.97 Å². The van der Waals surface area contributed by atoms with Crippen molar-refractivity contribution in [3.05, 3.63) is 53.6 Å². The Labute approximate surface area is 446 Å². The number of methoxy groups -OCH3 is 2. The van der Waals surface area contributed by atoms with Crippen molar-refractivity contribution in [1.82, 2.24) is 39.8 Å². The SMILES string of the molecule is CC[C@H]1OC(=O)[C@H](C)[C@@H](O[C@H]2C[C@@](C)(OC)[C@@H](O)[C@H](C)O2)C[C@@H](O[C@@H]2O[C@H](C)C[C@H](N(C)CCc3cn([C@H](CF)[C@H](OC)c4ccc(-n5cc(CO)nn5)cc4)nn3)[C@H]2O)[C@](C)(O)C[C@@H](C)CN(C)[C@H](C)[C@@H](O)[C@]1(C)O. The van der Waals surface area contributed by atoms with Gasteiger partial charge in [-0.25, -0.2) is 13.8 Å². The van der Waals surface area contributed by atoms with E-state index in [4.69, 9.17) is 33.2 Å². The molecule has 0 unspecified atom stereocenters. The second kappa shape index (κ2) is 26.1. The average molecular weight is 1080 g/mol. The molecular weight excluding hydrogens is 992 g/mol. The van der Waals surface area contributed by atoms with E-state index < -0.39 is 121 Å². The van der Waals surface area contributed by atoms with Crippen LogP contribution in [0.4, 0.5) is 4.39 Å². The molecule has 3 aliphatic heterocycles. The number of carbonyl (C=O) groups is 1. The molecular formula is C53H87FN8O14. The number of aliphatic hydroxyl groups excluding tert-OH is 4. The summed E-state index contributed by atoms with van der Waals surface area (Å²) in [5.74, 6) is -2.02. The number of rotatable bonds is 17. The van der Waals surface area contributed by atoms with Gasteiger partial charge in [0.2, 0.25) is 0 Å². The van der Waals surface area contributed by atoms with Gasteiger partial charge in [-0.05, 0) is 105 Å². The third-order valence-electron chi connectivity index (χ3n) is 16.3. The Hall–Kier alpha value is -3.66. The highest BCUT2D eigenvalue weighted by Gasteiger charge is 2.51. The van der Waals surface area contributed by atoms with E-state index in [-0.39, 0.29) is 38.2 Å². The maximum atomic E-state index is 14.9. The van der Waals surface area contributed by atoms with Crippen molar-refractivity contribution in [3.8, 4) is 5.69 Å². The zero-order chi connectivity index (χ0) is 56.0. The Balaban J connectivity index is 1.23. The molecule has 0 aliphatic carbocycles. The number of ether oxygens (including phenoxy) is 7. The quantitative estimate of drug-likeness (QED) is 0.106. The summed E-state index contributed by atoms with van der Waals surface area (Å²) in [5.41, 5.74) is -2.17. The predicted octanol–water partition coefficient (Wildman–Crippen LogP) is 2.83. The Morgan fingerprint density at radius 1 is 0.921 bits per heavy atom. The van der Waals surface area contributed by atoms with Gasteiger partial charge in [0.25, 0.3) is 0 Å². The van der Waals surface area contributed by atoms with Gasteiger partial charge in [0.15, 0.2) is 12.6 Å². The molecule has 0 bridgehead atoms. The highest BCUT2D eigenvalue weighted by molar-refractivity contribution is 5.73. The molecule has 0 amide bonds. The van der Waals surface area contributed by atoms with Crippen LogP contribution in [0.2, 0.25) is 0 Å². The number of benzene rings is 1. The number of aliphatic hydroxyl groups is 6. The van der Waals surface area contributed by atoms with Crippen LogP contribution in [0.1, 0.15) is 124 Å². The highest BCUT2D eigenvalue weighted by atomic mass is 19.1. The summed E-state index contributed by atoms with van der Waals surface area (Å²) >= 11 is 0. The van der Waals surface area contributed by atoms with Crippen molar-refractivity contribution in [2.24, 2.45) is 11.8 Å². The van der Waals surface area contributed by atoms with Crippen molar-refractivity contribution in [1.29, 1.82) is 0 Å². The monoisotopic (exact) mass is 1080 g/mol. The topological polar surface area (TPSA) is 271 Å². The van der Waals surface area contributed by atoms with Gasteiger partial charge in [0.05, 0.1) is 65.7 Å². The number of alkyl halides is 1. The first-order valence-corrected chi connectivity index (χ1v) is 26.7. The Bertz CT molecular complexity index is 2280. The van der Waals surface area contributed by atoms with E-state index in [2.05, 4.69) is 20.6 Å². The van der Waals surface area contributed by atoms with E-state index in [0.717, 1.165) is 0 Å². The number of likely N-dealkylation sites (N-methyl/N-ethyl adjacent to an activating group) is 2. The van der Waals surface area contributed by atoms with Crippen LogP contribution in [-0.2, 0) is 51.0 Å². The third kappa shape index (κ3) is 14.2. The van der Waals surface area contributed by atoms with Gasteiger partial charge in [-0.2, -0.15) is 0 Å². The molecule has 5 heterocycles. The van der Waals surface area contributed by atoms with Gasteiger partial charge < -0.3 is 73.6 Å². The largest absolute Gasteiger partial charge is 0.459 e. The number of hydrogen-bond acceptors (Lipinski definition) is 20. The van der Waals surface area contributed by atoms with E-state index in [9.17, 15) is 39.8 Å². The van der Waals surface area contributed by atoms with Crippen LogP contribution in [0.3, 0.4) is 0 Å². The maximum absolute atomic E-state index is 14.9. The van der Waals surface area contributed by atoms with Crippen LogP contribution in [0.5, 0.6) is 0 Å². The summed E-state index contributed by atoms with van der Waals surface area (Å²) in [6, 6.07) is 5.28. The normalized spacial score (nSPS) is 37.6. The van der Waals surface area contributed by atoms with Crippen molar-refractivity contribution in [2.75, 3.05) is 48.1 Å². The van der Waals surface area contributed by atoms with Crippen molar-refractivity contribution in [2.45, 2.75) is 210 Å². The Morgan fingerprint density at radius 3 is 2.22 bits per heavy atom. The summed E-state index contributed by atoms with van der Waals surface area (Å²) in [4.78, 5) is 18.3. The lowest BCUT2D eigenvalue weighted by molar-refractivity contribution is -0.308. The summed E-state index contributed by atoms with van der Waals surface area (Å²) in [6.07, 6.45) is -6.58. The Morgan fingerprint density at radius 2 is 1.61 bits per heavy atom. The molecule has 0 saturated carbocycles. The number of carbonyl (C=O) groups excluding carboxylic acids is 1. The molecule has 0 radical (unpaired) electrons. The molecule has 6 rings (SSSR count). The first kappa shape index (κ1) is 61.6. The fourth-order valence-electron chi connectivity index (χ4n) is 11.2. The molecule has 22 nitrogen and oxygen atoms in total. The molecule has 3 aliphatic rings. The number of nitrogens with zero attached hydrogens (tertiary/aromatic N) is 8.